The molecule has 2 aromatic rings. The van der Waals surface area contributed by atoms with Crippen LogP contribution in [0.25, 0.3) is 0 Å². The molecule has 0 unspecified atom stereocenters. The first-order chi connectivity index (χ1) is 15.5. The van der Waals surface area contributed by atoms with Gasteiger partial charge in [0, 0.05) is 44.8 Å². The first-order valence-electron chi connectivity index (χ1n) is 11.7. The SMILES string of the molecule is O=C1CCCc2cc(S(=O)(=O)N3CCC(CN4CCc5ccccc5C4)CC3)ccc2N1. The van der Waals surface area contributed by atoms with Crippen molar-refractivity contribution in [1.82, 2.24) is 9.21 Å². The van der Waals surface area contributed by atoms with Gasteiger partial charge in [-0.1, -0.05) is 24.3 Å². The van der Waals surface area contributed by atoms with E-state index < -0.39 is 10.0 Å². The zero-order chi connectivity index (χ0) is 22.1. The minimum atomic E-state index is -3.51. The minimum absolute atomic E-state index is 0.00127. The maximum atomic E-state index is 13.3. The second-order valence-corrected chi connectivity index (χ2v) is 11.3. The maximum absolute atomic E-state index is 13.3. The van der Waals surface area contributed by atoms with E-state index in [2.05, 4.69) is 34.5 Å². The highest BCUT2D eigenvalue weighted by Crippen LogP contribution is 2.30. The lowest BCUT2D eigenvalue weighted by molar-refractivity contribution is -0.116. The number of nitrogens with zero attached hydrogens (tertiary/aromatic N) is 2. The topological polar surface area (TPSA) is 69.7 Å². The van der Waals surface area contributed by atoms with E-state index in [-0.39, 0.29) is 5.91 Å². The van der Waals surface area contributed by atoms with Gasteiger partial charge in [-0.2, -0.15) is 4.31 Å². The lowest BCUT2D eigenvalue weighted by atomic mass is 9.94. The molecule has 0 saturated carbocycles. The molecular weight excluding hydrogens is 422 g/mol. The van der Waals surface area contributed by atoms with E-state index in [0.29, 0.717) is 30.3 Å². The molecule has 170 valence electrons. The summed E-state index contributed by atoms with van der Waals surface area (Å²) in [7, 11) is -3.51. The third-order valence-electron chi connectivity index (χ3n) is 7.14. The number of aryl methyl sites for hydroxylation is 1. The van der Waals surface area contributed by atoms with Crippen LogP contribution >= 0.6 is 0 Å². The van der Waals surface area contributed by atoms with Gasteiger partial charge in [0.1, 0.15) is 0 Å². The molecule has 32 heavy (non-hydrogen) atoms. The van der Waals surface area contributed by atoms with Gasteiger partial charge in [-0.15, -0.1) is 0 Å². The smallest absolute Gasteiger partial charge is 0.243 e. The summed E-state index contributed by atoms with van der Waals surface area (Å²) in [6.45, 7) is 4.28. The number of hydrogen-bond acceptors (Lipinski definition) is 4. The Morgan fingerprint density at radius 2 is 1.69 bits per heavy atom. The van der Waals surface area contributed by atoms with Crippen LogP contribution in [0.5, 0.6) is 0 Å². The van der Waals surface area contributed by atoms with Crippen molar-refractivity contribution in [3.05, 3.63) is 59.2 Å². The van der Waals surface area contributed by atoms with Crippen LogP contribution in [0, 0.1) is 5.92 Å². The molecule has 0 spiro atoms. The number of carbonyl (C=O) groups is 1. The van der Waals surface area contributed by atoms with E-state index >= 15 is 0 Å². The van der Waals surface area contributed by atoms with E-state index in [1.165, 1.54) is 11.1 Å². The number of hydrogen-bond donors (Lipinski definition) is 1. The van der Waals surface area contributed by atoms with Gasteiger partial charge < -0.3 is 5.32 Å². The molecule has 3 aliphatic heterocycles. The lowest BCUT2D eigenvalue weighted by Crippen LogP contribution is -2.42. The molecule has 1 fully saturated rings. The first-order valence-corrected chi connectivity index (χ1v) is 13.1. The standard InChI is InChI=1S/C25H31N3O3S/c29-25-7-3-6-21-16-23(8-9-24(21)26-25)32(30,31)28-14-10-19(11-15-28)17-27-13-12-20-4-1-2-5-22(20)18-27/h1-2,4-5,8-9,16,19H,3,6-7,10-15,17-18H2,(H,26,29). The predicted molar refractivity (Wildman–Crippen MR) is 125 cm³/mol. The number of rotatable bonds is 4. The van der Waals surface area contributed by atoms with Gasteiger partial charge in [-0.05, 0) is 72.9 Å². The maximum Gasteiger partial charge on any atom is 0.243 e. The van der Waals surface area contributed by atoms with E-state index in [9.17, 15) is 13.2 Å². The zero-order valence-electron chi connectivity index (χ0n) is 18.4. The molecule has 3 heterocycles. The summed E-state index contributed by atoms with van der Waals surface area (Å²) in [5, 5.41) is 2.88. The summed E-state index contributed by atoms with van der Waals surface area (Å²) in [5.74, 6) is 0.535. The number of fused-ring (bicyclic) bond motifs is 2. The predicted octanol–water partition coefficient (Wildman–Crippen LogP) is 3.42. The van der Waals surface area contributed by atoms with Gasteiger partial charge >= 0.3 is 0 Å². The van der Waals surface area contributed by atoms with Crippen molar-refractivity contribution < 1.29 is 13.2 Å². The van der Waals surface area contributed by atoms with E-state index in [1.807, 2.05) is 0 Å². The van der Waals surface area contributed by atoms with Gasteiger partial charge in [0.15, 0.2) is 0 Å². The Morgan fingerprint density at radius 1 is 0.906 bits per heavy atom. The van der Waals surface area contributed by atoms with Crippen LogP contribution in [0.15, 0.2) is 47.4 Å². The number of benzene rings is 2. The van der Waals surface area contributed by atoms with Crippen LogP contribution < -0.4 is 5.32 Å². The van der Waals surface area contributed by atoms with Crippen molar-refractivity contribution in [1.29, 1.82) is 0 Å². The Balaban J connectivity index is 1.20. The summed E-state index contributed by atoms with van der Waals surface area (Å²) in [5.41, 5.74) is 4.55. The number of carbonyl (C=O) groups excluding carboxylic acids is 1. The average molecular weight is 454 g/mol. The van der Waals surface area contributed by atoms with Crippen LogP contribution in [-0.2, 0) is 34.2 Å². The van der Waals surface area contributed by atoms with E-state index in [1.54, 1.807) is 22.5 Å². The summed E-state index contributed by atoms with van der Waals surface area (Å²) in [4.78, 5) is 14.6. The molecule has 0 radical (unpaired) electrons. The average Bonchev–Trinajstić information content (AvgIpc) is 2.99. The quantitative estimate of drug-likeness (QED) is 0.770. The largest absolute Gasteiger partial charge is 0.326 e. The normalized spacial score (nSPS) is 20.8. The van der Waals surface area contributed by atoms with Crippen molar-refractivity contribution in [2.45, 2.75) is 50.0 Å². The number of anilines is 1. The summed E-state index contributed by atoms with van der Waals surface area (Å²) in [6.07, 6.45) is 4.85. The molecule has 0 bridgehead atoms. The van der Waals surface area contributed by atoms with Gasteiger partial charge in [0.25, 0.3) is 0 Å². The van der Waals surface area contributed by atoms with Crippen molar-refractivity contribution in [2.24, 2.45) is 5.92 Å². The second kappa shape index (κ2) is 8.96. The molecule has 2 aromatic carbocycles. The third kappa shape index (κ3) is 4.47. The van der Waals surface area contributed by atoms with Crippen LogP contribution in [-0.4, -0.2) is 49.7 Å². The first kappa shape index (κ1) is 21.6. The Labute approximate surface area is 190 Å². The van der Waals surface area contributed by atoms with Crippen LogP contribution in [0.3, 0.4) is 0 Å². The molecular formula is C25H31N3O3S. The van der Waals surface area contributed by atoms with Gasteiger partial charge in [-0.25, -0.2) is 8.42 Å². The summed E-state index contributed by atoms with van der Waals surface area (Å²) in [6, 6.07) is 13.8. The van der Waals surface area contributed by atoms with Crippen molar-refractivity contribution in [3.8, 4) is 0 Å². The summed E-state index contributed by atoms with van der Waals surface area (Å²) >= 11 is 0. The lowest BCUT2D eigenvalue weighted by Gasteiger charge is -2.36. The van der Waals surface area contributed by atoms with Gasteiger partial charge in [0.2, 0.25) is 15.9 Å². The number of amides is 1. The molecule has 1 N–H and O–H groups in total. The second-order valence-electron chi connectivity index (χ2n) is 9.32. The molecule has 5 rings (SSSR count). The van der Waals surface area contributed by atoms with Gasteiger partial charge in [-0.3, -0.25) is 9.69 Å². The van der Waals surface area contributed by atoms with Gasteiger partial charge in [0.05, 0.1) is 4.90 Å². The third-order valence-corrected chi connectivity index (χ3v) is 9.03. The highest BCUT2D eigenvalue weighted by atomic mass is 32.2. The van der Waals surface area contributed by atoms with Crippen molar-refractivity contribution >= 4 is 21.6 Å². The molecule has 0 aromatic heterocycles. The Bertz CT molecular complexity index is 1110. The molecule has 1 amide bonds. The van der Waals surface area contributed by atoms with Crippen LogP contribution in [0.4, 0.5) is 5.69 Å². The highest BCUT2D eigenvalue weighted by molar-refractivity contribution is 7.89. The van der Waals surface area contributed by atoms with E-state index in [0.717, 1.165) is 63.0 Å². The molecule has 1 saturated heterocycles. The van der Waals surface area contributed by atoms with E-state index in [4.69, 9.17) is 0 Å². The molecule has 7 heteroatoms. The van der Waals surface area contributed by atoms with Crippen LogP contribution in [0.1, 0.15) is 42.4 Å². The molecule has 6 nitrogen and oxygen atoms in total. The highest BCUT2D eigenvalue weighted by Gasteiger charge is 2.31. The number of sulfonamides is 1. The van der Waals surface area contributed by atoms with Crippen molar-refractivity contribution in [3.63, 3.8) is 0 Å². The monoisotopic (exact) mass is 453 g/mol. The Hall–Kier alpha value is -2.22. The van der Waals surface area contributed by atoms with Crippen LogP contribution in [0.2, 0.25) is 0 Å². The fourth-order valence-corrected chi connectivity index (χ4v) is 6.79. The minimum Gasteiger partial charge on any atom is -0.326 e. The number of piperidine rings is 1. The summed E-state index contributed by atoms with van der Waals surface area (Å²) < 4.78 is 28.2. The Kier molecular flexibility index (Phi) is 6.05. The zero-order valence-corrected chi connectivity index (χ0v) is 19.2. The fraction of sp³-hybridized carbons (Fsp3) is 0.480. The van der Waals surface area contributed by atoms with Crippen molar-refractivity contribution in [2.75, 3.05) is 31.5 Å². The fourth-order valence-electron chi connectivity index (χ4n) is 5.27. The number of nitrogens with one attached hydrogen (secondary N) is 1. The molecule has 3 aliphatic rings. The molecule has 0 aliphatic carbocycles. The Morgan fingerprint density at radius 3 is 2.50 bits per heavy atom. The molecule has 0 atom stereocenters.